The van der Waals surface area contributed by atoms with Gasteiger partial charge in [-0.15, -0.1) is 0 Å². The van der Waals surface area contributed by atoms with Gasteiger partial charge in [-0.1, -0.05) is 49.3 Å². The van der Waals surface area contributed by atoms with Crippen molar-refractivity contribution >= 4 is 29.1 Å². The van der Waals surface area contributed by atoms with E-state index in [0.29, 0.717) is 0 Å². The Morgan fingerprint density at radius 3 is 2.48 bits per heavy atom. The average molecular weight is 379 g/mol. The van der Waals surface area contributed by atoms with Crippen molar-refractivity contribution in [2.75, 3.05) is 0 Å². The first-order chi connectivity index (χ1) is 13.1. The van der Waals surface area contributed by atoms with Crippen LogP contribution in [-0.4, -0.2) is 5.16 Å². The van der Waals surface area contributed by atoms with E-state index in [2.05, 4.69) is 54.2 Å². The Kier molecular flexibility index (Phi) is 6.29. The molecule has 0 bridgehead atoms. The van der Waals surface area contributed by atoms with Gasteiger partial charge >= 0.3 is 0 Å². The number of aliphatic imine (C=N–C) groups is 1. The number of hydrogen-bond donors (Lipinski definition) is 0. The van der Waals surface area contributed by atoms with Crippen LogP contribution < -0.4 is 0 Å². The van der Waals surface area contributed by atoms with Gasteiger partial charge in [0.05, 0.1) is 5.16 Å². The maximum atomic E-state index is 13.9. The second-order valence-electron chi connectivity index (χ2n) is 6.59. The predicted molar refractivity (Wildman–Crippen MR) is 109 cm³/mol. The average Bonchev–Trinajstić information content (AvgIpc) is 3.05. The third-order valence-corrected chi connectivity index (χ3v) is 4.64. The molecule has 0 spiro atoms. The number of thiocarbonyl (C=S) groups is 1. The Morgan fingerprint density at radius 2 is 1.78 bits per heavy atom. The summed E-state index contributed by atoms with van der Waals surface area (Å²) < 4.78 is 27.8. The van der Waals surface area contributed by atoms with Crippen LogP contribution in [0, 0.1) is 23.5 Å². The summed E-state index contributed by atoms with van der Waals surface area (Å²) in [6.45, 7) is 2.21. The SMILES string of the molecule is CCCCCC1=Cc2ccc(C#Cc3cc(F)c(N=C=S)c(F)c3)cc2C1. The Bertz CT molecular complexity index is 982. The summed E-state index contributed by atoms with van der Waals surface area (Å²) >= 11 is 4.40. The van der Waals surface area contributed by atoms with Crippen molar-refractivity contribution < 1.29 is 8.78 Å². The van der Waals surface area contributed by atoms with E-state index in [0.717, 1.165) is 30.5 Å². The first-order valence-electron chi connectivity index (χ1n) is 9.02. The molecule has 27 heavy (non-hydrogen) atoms. The maximum Gasteiger partial charge on any atom is 0.153 e. The lowest BCUT2D eigenvalue weighted by Gasteiger charge is -2.01. The summed E-state index contributed by atoms with van der Waals surface area (Å²) in [5, 5.41) is 1.97. The van der Waals surface area contributed by atoms with Gasteiger partial charge in [0.2, 0.25) is 0 Å². The summed E-state index contributed by atoms with van der Waals surface area (Å²) in [4.78, 5) is 3.40. The van der Waals surface area contributed by atoms with Crippen molar-refractivity contribution in [3.63, 3.8) is 0 Å². The quantitative estimate of drug-likeness (QED) is 0.246. The van der Waals surface area contributed by atoms with Crippen molar-refractivity contribution in [1.29, 1.82) is 0 Å². The lowest BCUT2D eigenvalue weighted by Crippen LogP contribution is -1.88. The number of fused-ring (bicyclic) bond motifs is 1. The number of rotatable bonds is 5. The smallest absolute Gasteiger partial charge is 0.153 e. The van der Waals surface area contributed by atoms with Crippen LogP contribution in [0.5, 0.6) is 0 Å². The molecule has 0 saturated heterocycles. The van der Waals surface area contributed by atoms with Gasteiger partial charge in [0.1, 0.15) is 5.69 Å². The number of isothiocyanates is 1. The van der Waals surface area contributed by atoms with E-state index in [4.69, 9.17) is 0 Å². The van der Waals surface area contributed by atoms with Crippen LogP contribution in [0.1, 0.15) is 54.9 Å². The van der Waals surface area contributed by atoms with Gasteiger partial charge in [-0.2, -0.15) is 4.99 Å². The van der Waals surface area contributed by atoms with Gasteiger partial charge < -0.3 is 0 Å². The highest BCUT2D eigenvalue weighted by molar-refractivity contribution is 7.78. The number of unbranched alkanes of at least 4 members (excludes halogenated alkanes) is 2. The van der Waals surface area contributed by atoms with Crippen LogP contribution in [0.2, 0.25) is 0 Å². The van der Waals surface area contributed by atoms with Crippen molar-refractivity contribution in [1.82, 2.24) is 0 Å². The van der Waals surface area contributed by atoms with Crippen molar-refractivity contribution in [3.05, 3.63) is 69.8 Å². The molecular formula is C23H19F2NS. The Labute approximate surface area is 163 Å². The van der Waals surface area contributed by atoms with Gasteiger partial charge in [-0.3, -0.25) is 0 Å². The molecule has 2 aromatic rings. The summed E-state index contributed by atoms with van der Waals surface area (Å²) in [6.07, 6.45) is 8.07. The van der Waals surface area contributed by atoms with Gasteiger partial charge in [-0.05, 0) is 66.9 Å². The highest BCUT2D eigenvalue weighted by Gasteiger charge is 2.12. The van der Waals surface area contributed by atoms with E-state index < -0.39 is 17.3 Å². The van der Waals surface area contributed by atoms with Crippen LogP contribution in [-0.2, 0) is 6.42 Å². The highest BCUT2D eigenvalue weighted by Crippen LogP contribution is 2.29. The molecule has 0 saturated carbocycles. The molecule has 0 radical (unpaired) electrons. The minimum atomic E-state index is -0.800. The predicted octanol–water partition coefficient (Wildman–Crippen LogP) is 6.62. The lowest BCUT2D eigenvalue weighted by molar-refractivity contribution is 0.587. The molecule has 0 heterocycles. The number of benzene rings is 2. The fraction of sp³-hybridized carbons (Fsp3) is 0.261. The van der Waals surface area contributed by atoms with Crippen molar-refractivity contribution in [2.24, 2.45) is 4.99 Å². The van der Waals surface area contributed by atoms with Crippen molar-refractivity contribution in [2.45, 2.75) is 39.0 Å². The summed E-state index contributed by atoms with van der Waals surface area (Å²) in [6, 6.07) is 8.37. The maximum absolute atomic E-state index is 13.9. The molecule has 0 atom stereocenters. The molecular weight excluding hydrogens is 360 g/mol. The highest BCUT2D eigenvalue weighted by atomic mass is 32.1. The molecule has 0 aromatic heterocycles. The van der Waals surface area contributed by atoms with Gasteiger partial charge in [0.15, 0.2) is 11.6 Å². The molecule has 1 nitrogen and oxygen atoms in total. The third kappa shape index (κ3) is 4.77. The second-order valence-corrected chi connectivity index (χ2v) is 6.77. The minimum absolute atomic E-state index is 0.257. The topological polar surface area (TPSA) is 12.4 Å². The van der Waals surface area contributed by atoms with Gasteiger partial charge in [-0.25, -0.2) is 8.78 Å². The number of halogens is 2. The largest absolute Gasteiger partial charge is 0.204 e. The zero-order valence-electron chi connectivity index (χ0n) is 15.1. The van der Waals surface area contributed by atoms with E-state index in [-0.39, 0.29) is 5.56 Å². The number of allylic oxidation sites excluding steroid dienone is 1. The van der Waals surface area contributed by atoms with Gasteiger partial charge in [0.25, 0.3) is 0 Å². The van der Waals surface area contributed by atoms with Crippen LogP contribution in [0.15, 0.2) is 40.9 Å². The Morgan fingerprint density at radius 1 is 1.04 bits per heavy atom. The molecule has 1 aliphatic carbocycles. The summed E-state index contributed by atoms with van der Waals surface area (Å²) in [7, 11) is 0. The zero-order valence-corrected chi connectivity index (χ0v) is 15.9. The Balaban J connectivity index is 1.76. The molecule has 1 aliphatic rings. The molecule has 4 heteroatoms. The first-order valence-corrected chi connectivity index (χ1v) is 9.43. The fourth-order valence-electron chi connectivity index (χ4n) is 3.19. The Hall–Kier alpha value is -2.60. The summed E-state index contributed by atoms with van der Waals surface area (Å²) in [5.74, 6) is 4.21. The lowest BCUT2D eigenvalue weighted by atomic mass is 10.0. The van der Waals surface area contributed by atoms with Crippen LogP contribution in [0.4, 0.5) is 14.5 Å². The minimum Gasteiger partial charge on any atom is -0.204 e. The molecule has 0 amide bonds. The van der Waals surface area contributed by atoms with E-state index >= 15 is 0 Å². The van der Waals surface area contributed by atoms with E-state index in [9.17, 15) is 8.78 Å². The van der Waals surface area contributed by atoms with Gasteiger partial charge in [0, 0.05) is 11.1 Å². The second kappa shape index (κ2) is 8.86. The third-order valence-electron chi connectivity index (χ3n) is 4.55. The summed E-state index contributed by atoms with van der Waals surface area (Å²) in [5.41, 5.74) is 4.62. The van der Waals surface area contributed by atoms with E-state index in [1.165, 1.54) is 36.0 Å². The van der Waals surface area contributed by atoms with Crippen LogP contribution in [0.25, 0.3) is 6.08 Å². The molecule has 0 unspecified atom stereocenters. The first kappa shape index (κ1) is 19.2. The van der Waals surface area contributed by atoms with Crippen LogP contribution >= 0.6 is 12.2 Å². The van der Waals surface area contributed by atoms with Crippen LogP contribution in [0.3, 0.4) is 0 Å². The molecule has 136 valence electrons. The number of hydrogen-bond acceptors (Lipinski definition) is 2. The monoisotopic (exact) mass is 379 g/mol. The molecule has 3 rings (SSSR count). The molecule has 0 aliphatic heterocycles. The standard InChI is InChI=1S/C23H19F2NS/c1-2-3-4-5-17-11-19-9-8-16(10-20(19)12-17)6-7-18-13-21(24)23(26-15-27)22(25)14-18/h8-11,13-14H,2-5,12H2,1H3. The molecule has 0 fully saturated rings. The van der Waals surface area contributed by atoms with Crippen molar-refractivity contribution in [3.8, 4) is 11.8 Å². The molecule has 2 aromatic carbocycles. The fourth-order valence-corrected chi connectivity index (χ4v) is 3.28. The molecule has 0 N–H and O–H groups in total. The zero-order chi connectivity index (χ0) is 19.2. The normalized spacial score (nSPS) is 11.9. The van der Waals surface area contributed by atoms with E-state index in [1.807, 2.05) is 11.2 Å². The number of nitrogens with zero attached hydrogens (tertiary/aromatic N) is 1. The van der Waals surface area contributed by atoms with E-state index in [1.54, 1.807) is 0 Å².